The van der Waals surface area contributed by atoms with Gasteiger partial charge < -0.3 is 5.11 Å². The van der Waals surface area contributed by atoms with Crippen molar-refractivity contribution in [2.24, 2.45) is 4.99 Å². The number of phenolic OH excluding ortho intramolecular Hbond substituents is 1. The molecule has 0 bridgehead atoms. The molecular formula is C15H15NO. The molecule has 2 heteroatoms. The molecule has 0 spiro atoms. The van der Waals surface area contributed by atoms with Crippen LogP contribution in [0.25, 0.3) is 10.8 Å². The molecule has 2 aromatic carbocycles. The van der Waals surface area contributed by atoms with Gasteiger partial charge in [0.1, 0.15) is 5.75 Å². The van der Waals surface area contributed by atoms with Crippen LogP contribution in [0.3, 0.4) is 0 Å². The largest absolute Gasteiger partial charge is 0.507 e. The molecule has 0 atom stereocenters. The van der Waals surface area contributed by atoms with Crippen molar-refractivity contribution in [3.8, 4) is 5.75 Å². The number of aliphatic imine (C=N–C) groups is 1. The lowest BCUT2D eigenvalue weighted by atomic mass is 9.94. The standard InChI is InChI=1S/C15H15NO/c17-15-9-12-5-2-1-4-11(12)8-13(15)10-16-14-6-3-7-14/h1-2,4-5,8-10,14,17H,3,6-7H2. The maximum absolute atomic E-state index is 9.92. The van der Waals surface area contributed by atoms with E-state index in [1.54, 1.807) is 6.07 Å². The fraction of sp³-hybridized carbons (Fsp3) is 0.267. The Morgan fingerprint density at radius 1 is 1.12 bits per heavy atom. The minimum absolute atomic E-state index is 0.312. The first kappa shape index (κ1) is 10.3. The van der Waals surface area contributed by atoms with Crippen LogP contribution in [0.1, 0.15) is 24.8 Å². The highest BCUT2D eigenvalue weighted by molar-refractivity contribution is 5.93. The Bertz CT molecular complexity index is 570. The highest BCUT2D eigenvalue weighted by atomic mass is 16.3. The zero-order valence-corrected chi connectivity index (χ0v) is 9.63. The van der Waals surface area contributed by atoms with Gasteiger partial charge in [-0.05, 0) is 42.2 Å². The zero-order valence-electron chi connectivity index (χ0n) is 9.63. The maximum Gasteiger partial charge on any atom is 0.124 e. The predicted molar refractivity (Wildman–Crippen MR) is 70.8 cm³/mol. The summed E-state index contributed by atoms with van der Waals surface area (Å²) < 4.78 is 0. The molecule has 1 aliphatic carbocycles. The third-order valence-electron chi connectivity index (χ3n) is 3.39. The highest BCUT2D eigenvalue weighted by Crippen LogP contribution is 2.25. The number of phenols is 1. The van der Waals surface area contributed by atoms with Crippen LogP contribution >= 0.6 is 0 Å². The van der Waals surface area contributed by atoms with Gasteiger partial charge in [0.15, 0.2) is 0 Å². The summed E-state index contributed by atoms with van der Waals surface area (Å²) in [5, 5.41) is 12.1. The molecule has 0 heterocycles. The second-order valence-electron chi connectivity index (χ2n) is 4.62. The Balaban J connectivity index is 1.97. The number of fused-ring (bicyclic) bond motifs is 1. The van der Waals surface area contributed by atoms with Gasteiger partial charge in [-0.3, -0.25) is 4.99 Å². The van der Waals surface area contributed by atoms with Gasteiger partial charge in [0.2, 0.25) is 0 Å². The van der Waals surface area contributed by atoms with E-state index in [0.29, 0.717) is 11.8 Å². The van der Waals surface area contributed by atoms with Crippen LogP contribution < -0.4 is 0 Å². The first-order valence-electron chi connectivity index (χ1n) is 6.08. The van der Waals surface area contributed by atoms with Crippen LogP contribution in [-0.4, -0.2) is 17.4 Å². The molecule has 1 saturated carbocycles. The van der Waals surface area contributed by atoms with E-state index >= 15 is 0 Å². The van der Waals surface area contributed by atoms with Crippen LogP contribution in [0.4, 0.5) is 0 Å². The first-order chi connectivity index (χ1) is 8.33. The molecule has 0 radical (unpaired) electrons. The molecule has 2 nitrogen and oxygen atoms in total. The summed E-state index contributed by atoms with van der Waals surface area (Å²) >= 11 is 0. The van der Waals surface area contributed by atoms with E-state index in [4.69, 9.17) is 0 Å². The third kappa shape index (κ3) is 2.03. The number of hydrogen-bond donors (Lipinski definition) is 1. The molecule has 1 fully saturated rings. The lowest BCUT2D eigenvalue weighted by molar-refractivity contribution is 0.421. The summed E-state index contributed by atoms with van der Waals surface area (Å²) in [4.78, 5) is 4.48. The molecule has 0 aliphatic heterocycles. The van der Waals surface area contributed by atoms with Crippen LogP contribution in [-0.2, 0) is 0 Å². The Kier molecular flexibility index (Phi) is 2.56. The summed E-state index contributed by atoms with van der Waals surface area (Å²) in [6.07, 6.45) is 5.47. The number of benzene rings is 2. The number of aromatic hydroxyl groups is 1. The van der Waals surface area contributed by atoms with E-state index in [1.807, 2.05) is 30.5 Å². The second kappa shape index (κ2) is 4.21. The number of rotatable bonds is 2. The summed E-state index contributed by atoms with van der Waals surface area (Å²) in [5.41, 5.74) is 0.815. The van der Waals surface area contributed by atoms with Gasteiger partial charge >= 0.3 is 0 Å². The second-order valence-corrected chi connectivity index (χ2v) is 4.62. The number of hydrogen-bond acceptors (Lipinski definition) is 2. The van der Waals surface area contributed by atoms with Gasteiger partial charge in [-0.2, -0.15) is 0 Å². The van der Waals surface area contributed by atoms with Gasteiger partial charge in [-0.1, -0.05) is 24.3 Å². The smallest absolute Gasteiger partial charge is 0.124 e. The summed E-state index contributed by atoms with van der Waals surface area (Å²) in [6, 6.07) is 12.3. The van der Waals surface area contributed by atoms with Crippen molar-refractivity contribution in [2.75, 3.05) is 0 Å². The molecule has 0 aromatic heterocycles. The molecule has 2 aromatic rings. The van der Waals surface area contributed by atoms with Crippen LogP contribution in [0.2, 0.25) is 0 Å². The van der Waals surface area contributed by atoms with Gasteiger partial charge in [0, 0.05) is 17.8 Å². The Morgan fingerprint density at radius 2 is 1.82 bits per heavy atom. The fourth-order valence-electron chi connectivity index (χ4n) is 2.07. The van der Waals surface area contributed by atoms with Gasteiger partial charge in [0.05, 0.1) is 0 Å². The van der Waals surface area contributed by atoms with Crippen molar-refractivity contribution in [2.45, 2.75) is 25.3 Å². The lowest BCUT2D eigenvalue weighted by Gasteiger charge is -2.20. The van der Waals surface area contributed by atoms with E-state index in [2.05, 4.69) is 11.1 Å². The van der Waals surface area contributed by atoms with E-state index in [1.165, 1.54) is 19.3 Å². The molecule has 86 valence electrons. The molecule has 0 saturated heterocycles. The van der Waals surface area contributed by atoms with Crippen LogP contribution in [0.5, 0.6) is 5.75 Å². The summed E-state index contributed by atoms with van der Waals surface area (Å²) in [7, 11) is 0. The normalized spacial score (nSPS) is 16.5. The monoisotopic (exact) mass is 225 g/mol. The SMILES string of the molecule is Oc1cc2ccccc2cc1C=NC1CCC1. The molecular weight excluding hydrogens is 210 g/mol. The molecule has 1 aliphatic rings. The van der Waals surface area contributed by atoms with Crippen molar-refractivity contribution >= 4 is 17.0 Å². The molecule has 0 unspecified atom stereocenters. The van der Waals surface area contributed by atoms with E-state index < -0.39 is 0 Å². The van der Waals surface area contributed by atoms with Gasteiger partial charge in [0.25, 0.3) is 0 Å². The van der Waals surface area contributed by atoms with Gasteiger partial charge in [-0.25, -0.2) is 0 Å². The molecule has 0 amide bonds. The molecule has 17 heavy (non-hydrogen) atoms. The van der Waals surface area contributed by atoms with Crippen LogP contribution in [0, 0.1) is 0 Å². The van der Waals surface area contributed by atoms with E-state index in [9.17, 15) is 5.11 Å². The van der Waals surface area contributed by atoms with Crippen molar-refractivity contribution in [3.63, 3.8) is 0 Å². The Hall–Kier alpha value is -1.83. The minimum Gasteiger partial charge on any atom is -0.507 e. The van der Waals surface area contributed by atoms with E-state index in [-0.39, 0.29) is 0 Å². The fourth-order valence-corrected chi connectivity index (χ4v) is 2.07. The Labute approximate surface area is 101 Å². The van der Waals surface area contributed by atoms with E-state index in [0.717, 1.165) is 16.3 Å². The highest BCUT2D eigenvalue weighted by Gasteiger charge is 2.15. The van der Waals surface area contributed by atoms with Crippen molar-refractivity contribution in [1.29, 1.82) is 0 Å². The average Bonchev–Trinajstić information content (AvgIpc) is 2.27. The zero-order chi connectivity index (χ0) is 11.7. The topological polar surface area (TPSA) is 32.6 Å². The van der Waals surface area contributed by atoms with Crippen LogP contribution in [0.15, 0.2) is 41.4 Å². The number of nitrogens with zero attached hydrogens (tertiary/aromatic N) is 1. The van der Waals surface area contributed by atoms with Crippen molar-refractivity contribution < 1.29 is 5.11 Å². The van der Waals surface area contributed by atoms with Crippen molar-refractivity contribution in [3.05, 3.63) is 42.0 Å². The summed E-state index contributed by atoms with van der Waals surface area (Å²) in [5.74, 6) is 0.312. The van der Waals surface area contributed by atoms with Crippen molar-refractivity contribution in [1.82, 2.24) is 0 Å². The Morgan fingerprint density at radius 3 is 2.47 bits per heavy atom. The predicted octanol–water partition coefficient (Wildman–Crippen LogP) is 3.52. The molecule has 3 rings (SSSR count). The summed E-state index contributed by atoms with van der Waals surface area (Å²) in [6.45, 7) is 0. The first-order valence-corrected chi connectivity index (χ1v) is 6.08. The quantitative estimate of drug-likeness (QED) is 0.779. The average molecular weight is 225 g/mol. The third-order valence-corrected chi connectivity index (χ3v) is 3.39. The lowest BCUT2D eigenvalue weighted by Crippen LogP contribution is -2.14. The maximum atomic E-state index is 9.92. The minimum atomic E-state index is 0.312. The molecule has 1 N–H and O–H groups in total. The van der Waals surface area contributed by atoms with Gasteiger partial charge in [-0.15, -0.1) is 0 Å².